The fraction of sp³-hybridized carbons (Fsp3) is 0.571. The maximum absolute atomic E-state index is 11.4. The van der Waals surface area contributed by atoms with E-state index in [9.17, 15) is 15.8 Å². The number of nitrogens with zero attached hydrogens (tertiary/aromatic N) is 3. The molecule has 0 amide bonds. The quantitative estimate of drug-likeness (QED) is 0.385. The number of hydrogen-bond donors (Lipinski definition) is 4. The Morgan fingerprint density at radius 3 is 2.73 bits per heavy atom. The van der Waals surface area contributed by atoms with E-state index in [2.05, 4.69) is 29.9 Å². The van der Waals surface area contributed by atoms with E-state index >= 15 is 0 Å². The van der Waals surface area contributed by atoms with E-state index in [-0.39, 0.29) is 23.9 Å². The van der Waals surface area contributed by atoms with Gasteiger partial charge in [0.25, 0.3) is 0 Å². The SMILES string of the molecule is C[C@@H]1[C@H](N)[C@@H]1C[C@H](C)[C@H](C)Oc1nccc(/C(O)=C2\CCC[C@@]3(CCCc4sc(N)c(C#N)c43)C2=N)n1. The Kier molecular flexibility index (Phi) is 6.75. The average molecular weight is 521 g/mol. The summed E-state index contributed by atoms with van der Waals surface area (Å²) in [6.07, 6.45) is 7.23. The number of rotatable bonds is 6. The van der Waals surface area contributed by atoms with Crippen molar-refractivity contribution >= 4 is 27.8 Å². The van der Waals surface area contributed by atoms with E-state index in [4.69, 9.17) is 16.2 Å². The summed E-state index contributed by atoms with van der Waals surface area (Å²) in [5.74, 6) is 1.37. The maximum Gasteiger partial charge on any atom is 0.317 e. The third kappa shape index (κ3) is 4.40. The molecule has 196 valence electrons. The first-order valence-corrected chi connectivity index (χ1v) is 14.1. The molecular formula is C28H36N6O2S. The highest BCUT2D eigenvalue weighted by Crippen LogP contribution is 2.52. The van der Waals surface area contributed by atoms with Crippen LogP contribution in [0.4, 0.5) is 5.00 Å². The van der Waals surface area contributed by atoms with Gasteiger partial charge in [0, 0.05) is 33.8 Å². The molecule has 2 aromatic rings. The van der Waals surface area contributed by atoms with Gasteiger partial charge in [-0.15, -0.1) is 11.3 Å². The van der Waals surface area contributed by atoms with Crippen molar-refractivity contribution < 1.29 is 9.84 Å². The fourth-order valence-corrected chi connectivity index (χ4v) is 7.51. The summed E-state index contributed by atoms with van der Waals surface area (Å²) in [5, 5.41) is 31.0. The zero-order valence-electron chi connectivity index (χ0n) is 21.8. The second-order valence-corrected chi connectivity index (χ2v) is 12.2. The molecule has 6 N–H and O–H groups in total. The van der Waals surface area contributed by atoms with Crippen LogP contribution in [-0.4, -0.2) is 32.9 Å². The van der Waals surface area contributed by atoms with Crippen LogP contribution in [-0.2, 0) is 11.8 Å². The minimum Gasteiger partial charge on any atom is -0.505 e. The van der Waals surface area contributed by atoms with Crippen molar-refractivity contribution in [2.24, 2.45) is 23.5 Å². The molecule has 0 unspecified atom stereocenters. The molecule has 9 heteroatoms. The molecule has 0 aliphatic heterocycles. The molecule has 0 bridgehead atoms. The van der Waals surface area contributed by atoms with Gasteiger partial charge in [-0.3, -0.25) is 0 Å². The summed E-state index contributed by atoms with van der Waals surface area (Å²) < 4.78 is 6.07. The number of nitrogen functional groups attached to an aromatic ring is 1. The van der Waals surface area contributed by atoms with Gasteiger partial charge in [-0.2, -0.15) is 10.2 Å². The predicted molar refractivity (Wildman–Crippen MR) is 146 cm³/mol. The third-order valence-corrected chi connectivity index (χ3v) is 10.0. The molecule has 2 heterocycles. The summed E-state index contributed by atoms with van der Waals surface area (Å²) in [7, 11) is 0. The van der Waals surface area contributed by atoms with E-state index in [1.54, 1.807) is 12.3 Å². The Morgan fingerprint density at radius 1 is 1.35 bits per heavy atom. The summed E-state index contributed by atoms with van der Waals surface area (Å²) in [6.45, 7) is 6.35. The molecule has 3 aliphatic rings. The summed E-state index contributed by atoms with van der Waals surface area (Å²) in [6, 6.07) is 4.44. The van der Waals surface area contributed by atoms with Gasteiger partial charge in [0.15, 0.2) is 0 Å². The monoisotopic (exact) mass is 520 g/mol. The predicted octanol–water partition coefficient (Wildman–Crippen LogP) is 5.13. The van der Waals surface area contributed by atoms with Crippen molar-refractivity contribution in [3.05, 3.63) is 39.5 Å². The van der Waals surface area contributed by atoms with E-state index in [0.29, 0.717) is 51.7 Å². The van der Waals surface area contributed by atoms with Crippen molar-refractivity contribution in [3.63, 3.8) is 0 Å². The first-order valence-electron chi connectivity index (χ1n) is 13.3. The molecule has 3 aliphatic carbocycles. The van der Waals surface area contributed by atoms with Crippen LogP contribution in [0.1, 0.15) is 81.0 Å². The maximum atomic E-state index is 11.4. The van der Waals surface area contributed by atoms with Crippen LogP contribution in [0.25, 0.3) is 5.76 Å². The van der Waals surface area contributed by atoms with Gasteiger partial charge in [-0.25, -0.2) is 4.98 Å². The van der Waals surface area contributed by atoms with Crippen LogP contribution in [0.15, 0.2) is 17.8 Å². The molecule has 6 atom stereocenters. The first-order chi connectivity index (χ1) is 17.7. The number of nitriles is 1. The highest BCUT2D eigenvalue weighted by Gasteiger charge is 2.47. The zero-order chi connectivity index (χ0) is 26.5. The fourth-order valence-electron chi connectivity index (χ4n) is 6.35. The number of aryl methyl sites for hydroxylation is 1. The van der Waals surface area contributed by atoms with Crippen molar-refractivity contribution in [1.82, 2.24) is 9.97 Å². The number of thiophene rings is 1. The lowest BCUT2D eigenvalue weighted by atomic mass is 9.60. The van der Waals surface area contributed by atoms with Crippen molar-refractivity contribution in [3.8, 4) is 12.1 Å². The lowest BCUT2D eigenvalue weighted by Crippen LogP contribution is -2.42. The smallest absolute Gasteiger partial charge is 0.317 e. The van der Waals surface area contributed by atoms with E-state index < -0.39 is 5.41 Å². The third-order valence-electron chi connectivity index (χ3n) is 8.95. The molecule has 0 aromatic carbocycles. The van der Waals surface area contributed by atoms with Gasteiger partial charge in [0.05, 0.1) is 5.56 Å². The number of anilines is 1. The summed E-state index contributed by atoms with van der Waals surface area (Å²) in [4.78, 5) is 9.89. The van der Waals surface area contributed by atoms with Crippen LogP contribution in [0.5, 0.6) is 6.01 Å². The second kappa shape index (κ2) is 9.73. The zero-order valence-corrected chi connectivity index (χ0v) is 22.6. The minimum atomic E-state index is -0.592. The lowest BCUT2D eigenvalue weighted by Gasteiger charge is -2.42. The van der Waals surface area contributed by atoms with Gasteiger partial charge >= 0.3 is 6.01 Å². The van der Waals surface area contributed by atoms with E-state index in [1.165, 1.54) is 11.3 Å². The molecule has 2 aromatic heterocycles. The topological polar surface area (TPSA) is 155 Å². The Balaban J connectivity index is 1.40. The van der Waals surface area contributed by atoms with Gasteiger partial charge in [0.1, 0.15) is 28.6 Å². The van der Waals surface area contributed by atoms with Crippen molar-refractivity contribution in [2.45, 2.75) is 83.3 Å². The van der Waals surface area contributed by atoms with Crippen LogP contribution < -0.4 is 16.2 Å². The van der Waals surface area contributed by atoms with Gasteiger partial charge in [-0.1, -0.05) is 13.8 Å². The lowest BCUT2D eigenvalue weighted by molar-refractivity contribution is 0.137. The van der Waals surface area contributed by atoms with E-state index in [1.807, 2.05) is 6.92 Å². The normalized spacial score (nSPS) is 29.8. The Labute approximate surface area is 222 Å². The molecule has 2 fully saturated rings. The van der Waals surface area contributed by atoms with Gasteiger partial charge in [-0.05, 0) is 81.3 Å². The standard InChI is InChI=1S/C28H36N6O2S/c1-14(12-18-15(2)23(18)30)16(3)36-27-33-11-8-20(34-27)24(35)17-6-4-9-28(25(17)31)10-5-7-21-22(28)19(13-29)26(32)37-21/h8,11,14-16,18,23,31,35H,4-7,9-10,12,30,32H2,1-3H3/b24-17-,31-25?/t14-,15-,16-,18+,23-,28-/m0/s1. The van der Waals surface area contributed by atoms with Crippen LogP contribution >= 0.6 is 11.3 Å². The van der Waals surface area contributed by atoms with Gasteiger partial charge < -0.3 is 26.7 Å². The summed E-state index contributed by atoms with van der Waals surface area (Å²) in [5.41, 5.74) is 14.4. The first kappa shape index (κ1) is 25.7. The number of hydrogen-bond acceptors (Lipinski definition) is 9. The summed E-state index contributed by atoms with van der Waals surface area (Å²) >= 11 is 1.47. The highest BCUT2D eigenvalue weighted by molar-refractivity contribution is 7.16. The minimum absolute atomic E-state index is 0.0105. The number of nitrogens with one attached hydrogen (secondary N) is 1. The molecule has 0 saturated heterocycles. The molecule has 5 rings (SSSR count). The Bertz CT molecular complexity index is 1290. The van der Waals surface area contributed by atoms with Crippen molar-refractivity contribution in [2.75, 3.05) is 5.73 Å². The van der Waals surface area contributed by atoms with E-state index in [0.717, 1.165) is 49.0 Å². The number of nitrogens with two attached hydrogens (primary N) is 2. The molecular weight excluding hydrogens is 484 g/mol. The van der Waals surface area contributed by atoms with Crippen molar-refractivity contribution in [1.29, 1.82) is 10.7 Å². The second-order valence-electron chi connectivity index (χ2n) is 11.1. The highest BCUT2D eigenvalue weighted by atomic mass is 32.1. The van der Waals surface area contributed by atoms with Crippen LogP contribution in [0, 0.1) is 34.5 Å². The molecule has 2 saturated carbocycles. The van der Waals surface area contributed by atoms with Gasteiger partial charge in [0.2, 0.25) is 0 Å². The number of ether oxygens (including phenoxy) is 1. The van der Waals surface area contributed by atoms with Crippen LogP contribution in [0.2, 0.25) is 0 Å². The average Bonchev–Trinajstić information content (AvgIpc) is 3.28. The number of aromatic nitrogens is 2. The van der Waals surface area contributed by atoms with Crippen LogP contribution in [0.3, 0.4) is 0 Å². The molecule has 8 nitrogen and oxygen atoms in total. The number of aliphatic hydroxyl groups is 1. The number of fused-ring (bicyclic) bond motifs is 2. The number of allylic oxidation sites excluding steroid dienone is 1. The molecule has 37 heavy (non-hydrogen) atoms. The molecule has 1 spiro atoms. The molecule has 0 radical (unpaired) electrons. The number of aliphatic hydroxyl groups excluding tert-OH is 1. The Morgan fingerprint density at radius 2 is 2.05 bits per heavy atom. The Hall–Kier alpha value is -2.96. The largest absolute Gasteiger partial charge is 0.505 e.